The molecule has 1 unspecified atom stereocenters. The molecule has 0 aromatic heterocycles. The minimum absolute atomic E-state index is 0.768. The molecule has 1 rings (SSSR count). The quantitative estimate of drug-likeness (QED) is 0.661. The fraction of sp³-hybridized carbons (Fsp3) is 1.00. The number of nitrogens with zero attached hydrogens (tertiary/aromatic N) is 2. The summed E-state index contributed by atoms with van der Waals surface area (Å²) in [6, 6.07) is 0.781. The van der Waals surface area contributed by atoms with E-state index in [-0.39, 0.29) is 0 Å². The van der Waals surface area contributed by atoms with Crippen molar-refractivity contribution in [2.75, 3.05) is 46.8 Å². The molecule has 0 saturated carbocycles. The highest BCUT2D eigenvalue weighted by Crippen LogP contribution is 2.12. The Hall–Kier alpha value is -0.120. The second-order valence-corrected chi connectivity index (χ2v) is 5.66. The molecule has 1 heterocycles. The zero-order chi connectivity index (χ0) is 12.0. The lowest BCUT2D eigenvalue weighted by Crippen LogP contribution is -2.32. The Labute approximate surface area is 101 Å². The van der Waals surface area contributed by atoms with Gasteiger partial charge < -0.3 is 15.1 Å². The average Bonchev–Trinajstić information content (AvgIpc) is 2.65. The van der Waals surface area contributed by atoms with Gasteiger partial charge in [-0.15, -0.1) is 0 Å². The molecule has 3 nitrogen and oxygen atoms in total. The van der Waals surface area contributed by atoms with Gasteiger partial charge in [-0.2, -0.15) is 0 Å². The van der Waals surface area contributed by atoms with Crippen LogP contribution in [0.1, 0.15) is 26.7 Å². The summed E-state index contributed by atoms with van der Waals surface area (Å²) in [5.74, 6) is 0.768. The van der Waals surface area contributed by atoms with Crippen LogP contribution in [0.4, 0.5) is 0 Å². The van der Waals surface area contributed by atoms with Crippen LogP contribution < -0.4 is 5.32 Å². The molecule has 0 spiro atoms. The van der Waals surface area contributed by atoms with Crippen molar-refractivity contribution in [1.82, 2.24) is 15.1 Å². The van der Waals surface area contributed by atoms with Crippen LogP contribution in [0.2, 0.25) is 0 Å². The maximum absolute atomic E-state index is 3.51. The fourth-order valence-corrected chi connectivity index (χ4v) is 2.26. The van der Waals surface area contributed by atoms with Crippen LogP contribution in [0, 0.1) is 5.92 Å². The third kappa shape index (κ3) is 5.28. The van der Waals surface area contributed by atoms with E-state index in [1.807, 2.05) is 0 Å². The summed E-state index contributed by atoms with van der Waals surface area (Å²) in [6.07, 6.45) is 2.62. The molecule has 0 amide bonds. The van der Waals surface area contributed by atoms with Crippen LogP contribution in [-0.2, 0) is 0 Å². The first-order chi connectivity index (χ1) is 7.59. The van der Waals surface area contributed by atoms with E-state index in [9.17, 15) is 0 Å². The van der Waals surface area contributed by atoms with Gasteiger partial charge in [0.1, 0.15) is 0 Å². The molecular weight excluding hydrogens is 198 g/mol. The molecule has 1 aliphatic heterocycles. The third-order valence-electron chi connectivity index (χ3n) is 3.36. The van der Waals surface area contributed by atoms with Crippen LogP contribution >= 0.6 is 0 Å². The van der Waals surface area contributed by atoms with Crippen molar-refractivity contribution in [3.05, 3.63) is 0 Å². The number of hydrogen-bond donors (Lipinski definition) is 1. The molecule has 1 fully saturated rings. The number of nitrogens with one attached hydrogen (secondary N) is 1. The largest absolute Gasteiger partial charge is 0.316 e. The summed E-state index contributed by atoms with van der Waals surface area (Å²) < 4.78 is 0. The Morgan fingerprint density at radius 1 is 1.38 bits per heavy atom. The second kappa shape index (κ2) is 7.25. The van der Waals surface area contributed by atoms with Crippen molar-refractivity contribution in [3.8, 4) is 0 Å². The van der Waals surface area contributed by atoms with Gasteiger partial charge >= 0.3 is 0 Å². The summed E-state index contributed by atoms with van der Waals surface area (Å²) in [7, 11) is 4.39. The van der Waals surface area contributed by atoms with Gasteiger partial charge in [0.2, 0.25) is 0 Å². The van der Waals surface area contributed by atoms with Crippen molar-refractivity contribution in [2.24, 2.45) is 5.92 Å². The van der Waals surface area contributed by atoms with Gasteiger partial charge in [-0.05, 0) is 59.0 Å². The first-order valence-corrected chi connectivity index (χ1v) is 6.69. The lowest BCUT2D eigenvalue weighted by molar-refractivity contribution is 0.266. The van der Waals surface area contributed by atoms with Crippen LogP contribution in [0.15, 0.2) is 0 Å². The van der Waals surface area contributed by atoms with Gasteiger partial charge in [-0.1, -0.05) is 13.8 Å². The molecule has 0 aromatic rings. The molecule has 3 heteroatoms. The highest BCUT2D eigenvalue weighted by atomic mass is 15.2. The second-order valence-electron chi connectivity index (χ2n) is 5.66. The normalized spacial score (nSPS) is 22.5. The van der Waals surface area contributed by atoms with Crippen molar-refractivity contribution in [1.29, 1.82) is 0 Å². The first kappa shape index (κ1) is 13.9. The molecule has 16 heavy (non-hydrogen) atoms. The molecule has 1 aliphatic rings. The molecule has 0 aliphatic carbocycles. The smallest absolute Gasteiger partial charge is 0.0229 e. The standard InChI is InChI=1S/C13H29N3/c1-12(2)10-14-7-5-8-16-9-6-13(11-16)15(3)4/h12-14H,5-11H2,1-4H3. The molecule has 0 aromatic carbocycles. The van der Waals surface area contributed by atoms with Crippen molar-refractivity contribution in [2.45, 2.75) is 32.7 Å². The van der Waals surface area contributed by atoms with E-state index >= 15 is 0 Å². The molecule has 0 radical (unpaired) electrons. The molecule has 1 atom stereocenters. The predicted octanol–water partition coefficient (Wildman–Crippen LogP) is 1.26. The van der Waals surface area contributed by atoms with Crippen LogP contribution in [0.3, 0.4) is 0 Å². The Morgan fingerprint density at radius 2 is 2.12 bits per heavy atom. The van der Waals surface area contributed by atoms with Crippen molar-refractivity contribution >= 4 is 0 Å². The lowest BCUT2D eigenvalue weighted by atomic mass is 10.2. The number of likely N-dealkylation sites (N-methyl/N-ethyl adjacent to an activating group) is 1. The van der Waals surface area contributed by atoms with E-state index in [2.05, 4.69) is 43.1 Å². The minimum Gasteiger partial charge on any atom is -0.316 e. The SMILES string of the molecule is CC(C)CNCCCN1CCC(N(C)C)C1. The number of rotatable bonds is 7. The average molecular weight is 227 g/mol. The van der Waals surface area contributed by atoms with E-state index in [4.69, 9.17) is 0 Å². The summed E-state index contributed by atoms with van der Waals surface area (Å²) in [4.78, 5) is 4.96. The van der Waals surface area contributed by atoms with E-state index < -0.39 is 0 Å². The van der Waals surface area contributed by atoms with E-state index in [0.717, 1.165) is 18.5 Å². The predicted molar refractivity (Wildman–Crippen MR) is 70.9 cm³/mol. The molecule has 0 bridgehead atoms. The number of hydrogen-bond acceptors (Lipinski definition) is 3. The van der Waals surface area contributed by atoms with Gasteiger partial charge in [0.25, 0.3) is 0 Å². The lowest BCUT2D eigenvalue weighted by Gasteiger charge is -2.20. The van der Waals surface area contributed by atoms with Crippen LogP contribution in [0.25, 0.3) is 0 Å². The molecular formula is C13H29N3. The zero-order valence-corrected chi connectivity index (χ0v) is 11.5. The fourth-order valence-electron chi connectivity index (χ4n) is 2.26. The van der Waals surface area contributed by atoms with E-state index in [1.54, 1.807) is 0 Å². The molecule has 1 N–H and O–H groups in total. The van der Waals surface area contributed by atoms with Gasteiger partial charge in [0.15, 0.2) is 0 Å². The van der Waals surface area contributed by atoms with Gasteiger partial charge in [-0.25, -0.2) is 0 Å². The van der Waals surface area contributed by atoms with Gasteiger partial charge in [-0.3, -0.25) is 0 Å². The van der Waals surface area contributed by atoms with Crippen LogP contribution in [0.5, 0.6) is 0 Å². The topological polar surface area (TPSA) is 18.5 Å². The van der Waals surface area contributed by atoms with Crippen molar-refractivity contribution in [3.63, 3.8) is 0 Å². The maximum Gasteiger partial charge on any atom is 0.0229 e. The Bertz CT molecular complexity index is 180. The van der Waals surface area contributed by atoms with E-state index in [0.29, 0.717) is 0 Å². The summed E-state index contributed by atoms with van der Waals surface area (Å²) in [6.45, 7) is 10.6. The summed E-state index contributed by atoms with van der Waals surface area (Å²) in [5, 5.41) is 3.51. The first-order valence-electron chi connectivity index (χ1n) is 6.69. The maximum atomic E-state index is 3.51. The Kier molecular flexibility index (Phi) is 6.32. The zero-order valence-electron chi connectivity index (χ0n) is 11.5. The van der Waals surface area contributed by atoms with Gasteiger partial charge in [0, 0.05) is 12.6 Å². The van der Waals surface area contributed by atoms with Crippen molar-refractivity contribution < 1.29 is 0 Å². The third-order valence-corrected chi connectivity index (χ3v) is 3.36. The minimum atomic E-state index is 0.768. The van der Waals surface area contributed by atoms with Gasteiger partial charge in [0.05, 0.1) is 0 Å². The highest BCUT2D eigenvalue weighted by molar-refractivity contribution is 4.80. The summed E-state index contributed by atoms with van der Waals surface area (Å²) >= 11 is 0. The summed E-state index contributed by atoms with van der Waals surface area (Å²) in [5.41, 5.74) is 0. The molecule has 1 saturated heterocycles. The highest BCUT2D eigenvalue weighted by Gasteiger charge is 2.22. The number of likely N-dealkylation sites (tertiary alicyclic amines) is 1. The molecule has 96 valence electrons. The Balaban J connectivity index is 1.98. The monoisotopic (exact) mass is 227 g/mol. The van der Waals surface area contributed by atoms with E-state index in [1.165, 1.54) is 39.0 Å². The van der Waals surface area contributed by atoms with Crippen LogP contribution in [-0.4, -0.2) is 62.7 Å². The Morgan fingerprint density at radius 3 is 2.69 bits per heavy atom.